The highest BCUT2D eigenvalue weighted by atomic mass is 35.5. The van der Waals surface area contributed by atoms with E-state index in [1.807, 2.05) is 29.2 Å². The molecule has 2 aliphatic heterocycles. The number of likely N-dealkylation sites (tertiary alicyclic amines) is 1. The maximum atomic E-state index is 12.7. The molecule has 0 atom stereocenters. The Morgan fingerprint density at radius 2 is 1.88 bits per heavy atom. The van der Waals surface area contributed by atoms with Crippen molar-refractivity contribution in [1.82, 2.24) is 25.0 Å². The molecule has 0 spiro atoms. The molecule has 140 valence electrons. The van der Waals surface area contributed by atoms with Gasteiger partial charge in [0.2, 0.25) is 0 Å². The van der Waals surface area contributed by atoms with Crippen LogP contribution in [-0.2, 0) is 13.1 Å². The van der Waals surface area contributed by atoms with Crippen LogP contribution >= 0.6 is 12.4 Å². The molecule has 26 heavy (non-hydrogen) atoms. The number of fused-ring (bicyclic) bond motifs is 1. The van der Waals surface area contributed by atoms with Crippen LogP contribution in [0.4, 0.5) is 0 Å². The fourth-order valence-electron chi connectivity index (χ4n) is 3.67. The number of halogens is 1. The summed E-state index contributed by atoms with van der Waals surface area (Å²) < 4.78 is 7.40. The lowest BCUT2D eigenvalue weighted by Crippen LogP contribution is -2.38. The summed E-state index contributed by atoms with van der Waals surface area (Å²) in [5.41, 5.74) is 0.713. The Bertz CT molecular complexity index is 753. The van der Waals surface area contributed by atoms with Crippen molar-refractivity contribution < 1.29 is 9.53 Å². The van der Waals surface area contributed by atoms with Gasteiger partial charge >= 0.3 is 0 Å². The van der Waals surface area contributed by atoms with Gasteiger partial charge in [-0.1, -0.05) is 0 Å². The normalized spacial score (nSPS) is 17.3. The average molecular weight is 378 g/mol. The van der Waals surface area contributed by atoms with E-state index in [1.54, 1.807) is 7.11 Å². The second kappa shape index (κ2) is 8.05. The first-order chi connectivity index (χ1) is 12.3. The van der Waals surface area contributed by atoms with Crippen molar-refractivity contribution in [1.29, 1.82) is 0 Å². The van der Waals surface area contributed by atoms with Crippen LogP contribution in [0.1, 0.15) is 40.8 Å². The third kappa shape index (κ3) is 3.54. The molecule has 0 bridgehead atoms. The van der Waals surface area contributed by atoms with Crippen LogP contribution in [0.2, 0.25) is 0 Å². The van der Waals surface area contributed by atoms with Gasteiger partial charge in [0.15, 0.2) is 0 Å². The van der Waals surface area contributed by atoms with E-state index >= 15 is 0 Å². The van der Waals surface area contributed by atoms with Crippen LogP contribution in [0.25, 0.3) is 0 Å². The molecule has 2 aromatic rings. The van der Waals surface area contributed by atoms with Gasteiger partial charge in [-0.3, -0.25) is 4.79 Å². The highest BCUT2D eigenvalue weighted by molar-refractivity contribution is 5.94. The third-order valence-corrected chi connectivity index (χ3v) is 5.14. The molecular formula is C18H24ClN5O2. The van der Waals surface area contributed by atoms with Gasteiger partial charge in [-0.15, -0.1) is 22.6 Å². The number of rotatable bonds is 3. The molecule has 4 rings (SSSR count). The van der Waals surface area contributed by atoms with E-state index < -0.39 is 0 Å². The first-order valence-corrected chi connectivity index (χ1v) is 8.82. The zero-order chi connectivity index (χ0) is 17.2. The van der Waals surface area contributed by atoms with Gasteiger partial charge in [0.05, 0.1) is 13.7 Å². The van der Waals surface area contributed by atoms with E-state index in [4.69, 9.17) is 4.74 Å². The number of hydrogen-bond donors (Lipinski definition) is 1. The fraction of sp³-hybridized carbons (Fsp3) is 0.500. The number of carbonyl (C=O) groups excluding carboxylic acids is 1. The highest BCUT2D eigenvalue weighted by Gasteiger charge is 2.29. The van der Waals surface area contributed by atoms with E-state index in [0.29, 0.717) is 11.5 Å². The molecule has 1 aromatic carbocycles. The van der Waals surface area contributed by atoms with Crippen LogP contribution in [-0.4, -0.2) is 52.3 Å². The minimum Gasteiger partial charge on any atom is -0.497 e. The van der Waals surface area contributed by atoms with Crippen LogP contribution < -0.4 is 10.1 Å². The smallest absolute Gasteiger partial charge is 0.253 e. The summed E-state index contributed by atoms with van der Waals surface area (Å²) in [5, 5.41) is 12.1. The summed E-state index contributed by atoms with van der Waals surface area (Å²) in [6.45, 7) is 4.21. The number of amides is 1. The Hall–Kier alpha value is -2.12. The van der Waals surface area contributed by atoms with Crippen molar-refractivity contribution in [3.05, 3.63) is 41.5 Å². The van der Waals surface area contributed by atoms with E-state index in [9.17, 15) is 4.79 Å². The number of methoxy groups -OCH3 is 1. The number of nitrogens with one attached hydrogen (secondary N) is 1. The first kappa shape index (κ1) is 18.7. The number of ether oxygens (including phenoxy) is 1. The van der Waals surface area contributed by atoms with Crippen molar-refractivity contribution in [3.63, 3.8) is 0 Å². The Labute approximate surface area is 159 Å². The van der Waals surface area contributed by atoms with Gasteiger partial charge in [0.1, 0.15) is 17.4 Å². The molecule has 1 amide bonds. The van der Waals surface area contributed by atoms with Gasteiger partial charge in [-0.2, -0.15) is 0 Å². The molecule has 7 nitrogen and oxygen atoms in total. The van der Waals surface area contributed by atoms with Gasteiger partial charge in [0, 0.05) is 37.7 Å². The van der Waals surface area contributed by atoms with E-state index in [2.05, 4.69) is 20.1 Å². The fourth-order valence-corrected chi connectivity index (χ4v) is 3.67. The molecule has 0 unspecified atom stereocenters. The predicted molar refractivity (Wildman–Crippen MR) is 99.8 cm³/mol. The summed E-state index contributed by atoms with van der Waals surface area (Å²) in [6, 6.07) is 7.32. The number of hydrogen-bond acceptors (Lipinski definition) is 5. The molecule has 1 aromatic heterocycles. The lowest BCUT2D eigenvalue weighted by atomic mass is 9.95. The summed E-state index contributed by atoms with van der Waals surface area (Å²) in [5.74, 6) is 3.36. The standard InChI is InChI=1S/C18H23N5O2.ClH/c1-25-15-4-2-14(3-5-15)18(24)22-9-6-13(7-10-22)17-21-20-16-12-19-8-11-23(16)17;/h2-5,13,19H,6-12H2,1H3;1H. The van der Waals surface area contributed by atoms with Crippen LogP contribution in [0.5, 0.6) is 5.75 Å². The molecule has 0 radical (unpaired) electrons. The van der Waals surface area contributed by atoms with Crippen LogP contribution in [0.3, 0.4) is 0 Å². The molecule has 3 heterocycles. The molecule has 0 saturated carbocycles. The molecule has 0 aliphatic carbocycles. The Morgan fingerprint density at radius 1 is 1.15 bits per heavy atom. The summed E-state index contributed by atoms with van der Waals surface area (Å²) in [7, 11) is 1.63. The second-order valence-electron chi connectivity index (χ2n) is 6.60. The largest absolute Gasteiger partial charge is 0.497 e. The molecule has 2 aliphatic rings. The van der Waals surface area contributed by atoms with Crippen molar-refractivity contribution in [2.45, 2.75) is 31.8 Å². The van der Waals surface area contributed by atoms with E-state index in [-0.39, 0.29) is 18.3 Å². The highest BCUT2D eigenvalue weighted by Crippen LogP contribution is 2.28. The lowest BCUT2D eigenvalue weighted by molar-refractivity contribution is 0.0710. The minimum absolute atomic E-state index is 0. The molecule has 1 fully saturated rings. The van der Waals surface area contributed by atoms with Crippen LogP contribution in [0.15, 0.2) is 24.3 Å². The van der Waals surface area contributed by atoms with Crippen LogP contribution in [0, 0.1) is 0 Å². The summed E-state index contributed by atoms with van der Waals surface area (Å²) >= 11 is 0. The third-order valence-electron chi connectivity index (χ3n) is 5.14. The maximum Gasteiger partial charge on any atom is 0.253 e. The predicted octanol–water partition coefficient (Wildman–Crippen LogP) is 1.83. The minimum atomic E-state index is 0. The lowest BCUT2D eigenvalue weighted by Gasteiger charge is -2.32. The SMILES string of the molecule is COc1ccc(C(=O)N2CCC(c3nnc4n3CCNC4)CC2)cc1.Cl. The van der Waals surface area contributed by atoms with Gasteiger partial charge < -0.3 is 19.5 Å². The number of benzene rings is 1. The van der Waals surface area contributed by atoms with Crippen molar-refractivity contribution in [2.75, 3.05) is 26.7 Å². The van der Waals surface area contributed by atoms with Gasteiger partial charge in [-0.05, 0) is 37.1 Å². The summed E-state index contributed by atoms with van der Waals surface area (Å²) in [4.78, 5) is 14.6. The Morgan fingerprint density at radius 3 is 2.58 bits per heavy atom. The van der Waals surface area contributed by atoms with Gasteiger partial charge in [-0.25, -0.2) is 0 Å². The molecule has 8 heteroatoms. The monoisotopic (exact) mass is 377 g/mol. The molecule has 1 saturated heterocycles. The summed E-state index contributed by atoms with van der Waals surface area (Å²) in [6.07, 6.45) is 1.88. The molecular weight excluding hydrogens is 354 g/mol. The maximum absolute atomic E-state index is 12.7. The van der Waals surface area contributed by atoms with Crippen molar-refractivity contribution in [3.8, 4) is 5.75 Å². The van der Waals surface area contributed by atoms with Gasteiger partial charge in [0.25, 0.3) is 5.91 Å². The quantitative estimate of drug-likeness (QED) is 0.883. The topological polar surface area (TPSA) is 72.3 Å². The van der Waals surface area contributed by atoms with Crippen molar-refractivity contribution >= 4 is 18.3 Å². The van der Waals surface area contributed by atoms with Crippen molar-refractivity contribution in [2.24, 2.45) is 0 Å². The Balaban J connectivity index is 0.00000196. The molecule has 1 N–H and O–H groups in total. The number of nitrogens with zero attached hydrogens (tertiary/aromatic N) is 4. The second-order valence-corrected chi connectivity index (χ2v) is 6.60. The van der Waals surface area contributed by atoms with E-state index in [0.717, 1.165) is 63.0 Å². The Kier molecular flexibility index (Phi) is 5.78. The zero-order valence-corrected chi connectivity index (χ0v) is 15.7. The van der Waals surface area contributed by atoms with E-state index in [1.165, 1.54) is 0 Å². The number of piperidine rings is 1. The first-order valence-electron chi connectivity index (χ1n) is 8.82. The average Bonchev–Trinajstić information content (AvgIpc) is 3.12. The number of carbonyl (C=O) groups is 1. The number of aromatic nitrogens is 3. The zero-order valence-electron chi connectivity index (χ0n) is 14.9.